The Morgan fingerprint density at radius 3 is 2.78 bits per heavy atom. The first-order chi connectivity index (χ1) is 8.61. The second-order valence-electron chi connectivity index (χ2n) is 3.38. The molecule has 0 spiro atoms. The Bertz CT molecular complexity index is 583. The van der Waals surface area contributed by atoms with Crippen LogP contribution in [0.5, 0.6) is 0 Å². The molecule has 0 bridgehead atoms. The normalized spacial score (nSPS) is 10.4. The summed E-state index contributed by atoms with van der Waals surface area (Å²) in [5, 5.41) is 4.98. The van der Waals surface area contributed by atoms with Gasteiger partial charge in [0.1, 0.15) is 0 Å². The summed E-state index contributed by atoms with van der Waals surface area (Å²) in [6.45, 7) is 0. The summed E-state index contributed by atoms with van der Waals surface area (Å²) < 4.78 is 1.52. The number of carbonyl (C=O) groups excluding carboxylic acids is 1. The van der Waals surface area contributed by atoms with Crippen molar-refractivity contribution in [2.75, 3.05) is 7.11 Å². The van der Waals surface area contributed by atoms with Gasteiger partial charge in [-0.3, -0.25) is 9.63 Å². The molecule has 5 nitrogen and oxygen atoms in total. The van der Waals surface area contributed by atoms with Gasteiger partial charge < -0.3 is 0 Å². The Kier molecular flexibility index (Phi) is 3.86. The zero-order valence-electron chi connectivity index (χ0n) is 9.35. The largest absolute Gasteiger partial charge is 0.295 e. The van der Waals surface area contributed by atoms with E-state index in [0.29, 0.717) is 15.7 Å². The molecule has 1 amide bonds. The predicted octanol–water partition coefficient (Wildman–Crippen LogP) is 2.47. The maximum atomic E-state index is 11.5. The first kappa shape index (κ1) is 12.9. The summed E-state index contributed by atoms with van der Waals surface area (Å²) in [5.41, 5.74) is 3.13. The molecule has 7 heteroatoms. The Hall–Kier alpha value is -1.56. The molecule has 0 aliphatic carbocycles. The highest BCUT2D eigenvalue weighted by Crippen LogP contribution is 2.24. The summed E-state index contributed by atoms with van der Waals surface area (Å²) in [4.78, 5) is 16.0. The number of hydrogen-bond donors (Lipinski definition) is 1. The number of halogens is 2. The van der Waals surface area contributed by atoms with Crippen LogP contribution in [-0.2, 0) is 4.84 Å². The SMILES string of the molecule is CONC(=O)c1ccn(-c2ccc(Cl)c(Cl)c2)n1. The fourth-order valence-corrected chi connectivity index (χ4v) is 1.65. The van der Waals surface area contributed by atoms with Crippen LogP contribution < -0.4 is 5.48 Å². The van der Waals surface area contributed by atoms with Gasteiger partial charge in [0.05, 0.1) is 22.8 Å². The van der Waals surface area contributed by atoms with Crippen molar-refractivity contribution in [1.29, 1.82) is 0 Å². The van der Waals surface area contributed by atoms with E-state index < -0.39 is 5.91 Å². The summed E-state index contributed by atoms with van der Waals surface area (Å²) >= 11 is 11.7. The fourth-order valence-electron chi connectivity index (χ4n) is 1.36. The van der Waals surface area contributed by atoms with Crippen molar-refractivity contribution in [3.05, 3.63) is 46.2 Å². The second-order valence-corrected chi connectivity index (χ2v) is 4.19. The Morgan fingerprint density at radius 2 is 2.11 bits per heavy atom. The lowest BCUT2D eigenvalue weighted by molar-refractivity contribution is 0.0532. The Morgan fingerprint density at radius 1 is 1.33 bits per heavy atom. The first-order valence-corrected chi connectivity index (χ1v) is 5.72. The van der Waals surface area contributed by atoms with Gasteiger partial charge in [0.25, 0.3) is 5.91 Å². The smallest absolute Gasteiger partial charge is 0.277 e. The Balaban J connectivity index is 2.29. The van der Waals surface area contributed by atoms with Gasteiger partial charge in [-0.1, -0.05) is 23.2 Å². The number of nitrogens with zero attached hydrogens (tertiary/aromatic N) is 2. The van der Waals surface area contributed by atoms with Gasteiger partial charge in [0.2, 0.25) is 0 Å². The van der Waals surface area contributed by atoms with E-state index in [9.17, 15) is 4.79 Å². The molecule has 2 rings (SSSR count). The third-order valence-electron chi connectivity index (χ3n) is 2.18. The standard InChI is InChI=1S/C11H9Cl2N3O2/c1-18-15-11(17)10-4-5-16(14-10)7-2-3-8(12)9(13)6-7/h2-6H,1H3,(H,15,17). The molecule has 0 atom stereocenters. The second kappa shape index (κ2) is 5.39. The molecular formula is C11H9Cl2N3O2. The third-order valence-corrected chi connectivity index (χ3v) is 2.92. The van der Waals surface area contributed by atoms with E-state index >= 15 is 0 Å². The molecule has 0 fully saturated rings. The van der Waals surface area contributed by atoms with Crippen molar-refractivity contribution >= 4 is 29.1 Å². The van der Waals surface area contributed by atoms with Crippen LogP contribution in [0.4, 0.5) is 0 Å². The lowest BCUT2D eigenvalue weighted by Crippen LogP contribution is -2.22. The van der Waals surface area contributed by atoms with Gasteiger partial charge in [-0.2, -0.15) is 5.10 Å². The van der Waals surface area contributed by atoms with E-state index in [2.05, 4.69) is 15.4 Å². The van der Waals surface area contributed by atoms with Crippen molar-refractivity contribution in [3.63, 3.8) is 0 Å². The van der Waals surface area contributed by atoms with Crippen molar-refractivity contribution < 1.29 is 9.63 Å². The lowest BCUT2D eigenvalue weighted by Gasteiger charge is -2.03. The average Bonchev–Trinajstić information content (AvgIpc) is 2.82. The quantitative estimate of drug-likeness (QED) is 0.882. The molecule has 0 aliphatic rings. The van der Waals surface area contributed by atoms with Gasteiger partial charge in [-0.15, -0.1) is 0 Å². The predicted molar refractivity (Wildman–Crippen MR) is 68.1 cm³/mol. The molecule has 0 unspecified atom stereocenters. The van der Waals surface area contributed by atoms with Crippen molar-refractivity contribution in [1.82, 2.24) is 15.3 Å². The first-order valence-electron chi connectivity index (χ1n) is 4.96. The van der Waals surface area contributed by atoms with E-state index in [4.69, 9.17) is 23.2 Å². The lowest BCUT2D eigenvalue weighted by atomic mass is 10.3. The number of carbonyl (C=O) groups is 1. The third kappa shape index (κ3) is 2.64. The minimum Gasteiger partial charge on any atom is -0.277 e. The highest BCUT2D eigenvalue weighted by atomic mass is 35.5. The number of amides is 1. The summed E-state index contributed by atoms with van der Waals surface area (Å²) in [6, 6.07) is 6.64. The number of aromatic nitrogens is 2. The van der Waals surface area contributed by atoms with Crippen molar-refractivity contribution in [2.24, 2.45) is 0 Å². The number of rotatable bonds is 3. The average molecular weight is 286 g/mol. The van der Waals surface area contributed by atoms with E-state index in [-0.39, 0.29) is 5.69 Å². The van der Waals surface area contributed by atoms with Crippen LogP contribution in [0.25, 0.3) is 5.69 Å². The minimum atomic E-state index is -0.420. The highest BCUT2D eigenvalue weighted by Gasteiger charge is 2.10. The van der Waals surface area contributed by atoms with Crippen LogP contribution in [0.1, 0.15) is 10.5 Å². The molecule has 0 radical (unpaired) electrons. The zero-order valence-corrected chi connectivity index (χ0v) is 10.9. The van der Waals surface area contributed by atoms with Crippen LogP contribution in [0.3, 0.4) is 0 Å². The molecule has 1 N–H and O–H groups in total. The zero-order chi connectivity index (χ0) is 13.1. The molecule has 0 saturated heterocycles. The van der Waals surface area contributed by atoms with Crippen molar-refractivity contribution in [3.8, 4) is 5.69 Å². The summed E-state index contributed by atoms with van der Waals surface area (Å²) in [5.74, 6) is -0.420. The van der Waals surface area contributed by atoms with Gasteiger partial charge in [0.15, 0.2) is 5.69 Å². The molecule has 2 aromatic rings. The van der Waals surface area contributed by atoms with E-state index in [1.807, 2.05) is 0 Å². The van der Waals surface area contributed by atoms with Gasteiger partial charge in [0, 0.05) is 6.20 Å². The molecule has 1 aromatic carbocycles. The highest BCUT2D eigenvalue weighted by molar-refractivity contribution is 6.42. The van der Waals surface area contributed by atoms with Crippen LogP contribution in [0, 0.1) is 0 Å². The van der Waals surface area contributed by atoms with E-state index in [1.165, 1.54) is 11.8 Å². The maximum Gasteiger partial charge on any atom is 0.295 e. The van der Waals surface area contributed by atoms with Crippen LogP contribution in [0.15, 0.2) is 30.5 Å². The summed E-state index contributed by atoms with van der Waals surface area (Å²) in [6.07, 6.45) is 1.64. The van der Waals surface area contributed by atoms with Crippen LogP contribution in [0.2, 0.25) is 10.0 Å². The molecule has 18 heavy (non-hydrogen) atoms. The van der Waals surface area contributed by atoms with Crippen molar-refractivity contribution in [2.45, 2.75) is 0 Å². The fraction of sp³-hybridized carbons (Fsp3) is 0.0909. The Labute approximate surface area is 113 Å². The molecule has 1 heterocycles. The molecular weight excluding hydrogens is 277 g/mol. The van der Waals surface area contributed by atoms with Gasteiger partial charge >= 0.3 is 0 Å². The molecule has 94 valence electrons. The van der Waals surface area contributed by atoms with E-state index in [1.54, 1.807) is 30.5 Å². The van der Waals surface area contributed by atoms with Gasteiger partial charge in [-0.05, 0) is 24.3 Å². The minimum absolute atomic E-state index is 0.239. The van der Waals surface area contributed by atoms with E-state index in [0.717, 1.165) is 0 Å². The molecule has 1 aromatic heterocycles. The van der Waals surface area contributed by atoms with Gasteiger partial charge in [-0.25, -0.2) is 10.2 Å². The molecule has 0 aliphatic heterocycles. The number of hydrogen-bond acceptors (Lipinski definition) is 3. The number of hydroxylamine groups is 1. The topological polar surface area (TPSA) is 56.1 Å². The summed E-state index contributed by atoms with van der Waals surface area (Å²) in [7, 11) is 1.36. The van der Waals surface area contributed by atoms with Crippen LogP contribution in [-0.4, -0.2) is 22.8 Å². The molecule has 0 saturated carbocycles. The number of nitrogens with one attached hydrogen (secondary N) is 1. The maximum absolute atomic E-state index is 11.5. The number of benzene rings is 1. The van der Waals surface area contributed by atoms with Crippen LogP contribution >= 0.6 is 23.2 Å². The monoisotopic (exact) mass is 285 g/mol.